The number of nitrogens with zero attached hydrogens (tertiary/aromatic N) is 4. The number of thiazole rings is 1. The highest BCUT2D eigenvalue weighted by molar-refractivity contribution is 8.00. The quantitative estimate of drug-likeness (QED) is 0.413. The molecule has 190 valence electrons. The monoisotopic (exact) mass is 562 g/mol. The predicted octanol–water partition coefficient (Wildman–Crippen LogP) is 5.16. The van der Waals surface area contributed by atoms with Crippen LogP contribution in [-0.2, 0) is 16.4 Å². The third kappa shape index (κ3) is 5.22. The molecular weight excluding hydrogens is 536 g/mol. The average molecular weight is 563 g/mol. The van der Waals surface area contributed by atoms with Crippen molar-refractivity contribution in [1.29, 1.82) is 0 Å². The number of anilines is 3. The van der Waals surface area contributed by atoms with Crippen LogP contribution >= 0.6 is 34.7 Å². The minimum absolute atomic E-state index is 0.185. The normalized spacial score (nSPS) is 16.3. The number of carbonyl (C=O) groups excluding carboxylic acids is 1. The summed E-state index contributed by atoms with van der Waals surface area (Å²) >= 11 is 9.48. The minimum atomic E-state index is -3.49. The minimum Gasteiger partial charge on any atom is -0.348 e. The van der Waals surface area contributed by atoms with Gasteiger partial charge in [-0.1, -0.05) is 23.7 Å². The molecule has 2 aliphatic heterocycles. The van der Waals surface area contributed by atoms with Crippen LogP contribution < -0.4 is 14.1 Å². The Balaban J connectivity index is 1.27. The topological polar surface area (TPSA) is 73.8 Å². The van der Waals surface area contributed by atoms with E-state index in [1.807, 2.05) is 23.2 Å². The van der Waals surface area contributed by atoms with Crippen LogP contribution in [0, 0.1) is 0 Å². The van der Waals surface area contributed by atoms with Crippen LogP contribution in [0.15, 0.2) is 52.7 Å². The van der Waals surface area contributed by atoms with Crippen LogP contribution in [-0.4, -0.2) is 57.5 Å². The molecule has 0 spiro atoms. The molecule has 11 heteroatoms. The Morgan fingerprint density at radius 2 is 1.92 bits per heavy atom. The van der Waals surface area contributed by atoms with Gasteiger partial charge < -0.3 is 9.80 Å². The fourth-order valence-electron chi connectivity index (χ4n) is 4.66. The van der Waals surface area contributed by atoms with E-state index in [0.29, 0.717) is 28.2 Å². The molecule has 3 aromatic rings. The third-order valence-corrected chi connectivity index (χ3v) is 10.4. The first-order valence-corrected chi connectivity index (χ1v) is 15.7. The van der Waals surface area contributed by atoms with E-state index in [9.17, 15) is 13.2 Å². The lowest BCUT2D eigenvalue weighted by Gasteiger charge is -2.31. The molecule has 0 radical (unpaired) electrons. The number of hydrogen-bond acceptors (Lipinski definition) is 7. The average Bonchev–Trinajstić information content (AvgIpc) is 3.49. The largest absolute Gasteiger partial charge is 0.348 e. The van der Waals surface area contributed by atoms with Gasteiger partial charge in [-0.15, -0.1) is 23.1 Å². The Bertz CT molecular complexity index is 1390. The van der Waals surface area contributed by atoms with Crippen LogP contribution in [0.5, 0.6) is 0 Å². The molecule has 36 heavy (non-hydrogen) atoms. The van der Waals surface area contributed by atoms with Crippen molar-refractivity contribution in [1.82, 2.24) is 4.98 Å². The van der Waals surface area contributed by atoms with E-state index >= 15 is 0 Å². The number of carbonyl (C=O) groups is 1. The van der Waals surface area contributed by atoms with E-state index < -0.39 is 10.0 Å². The first-order valence-electron chi connectivity index (χ1n) is 11.7. The molecule has 0 saturated carbocycles. The lowest BCUT2D eigenvalue weighted by atomic mass is 10.1. The summed E-state index contributed by atoms with van der Waals surface area (Å²) in [6, 6.07) is 13.2. The number of piperidine rings is 1. The molecule has 1 aromatic heterocycles. The second-order valence-electron chi connectivity index (χ2n) is 9.00. The third-order valence-electron chi connectivity index (χ3n) is 6.64. The summed E-state index contributed by atoms with van der Waals surface area (Å²) in [5.74, 6) is -0.185. The highest BCUT2D eigenvalue weighted by Gasteiger charge is 2.29. The van der Waals surface area contributed by atoms with E-state index in [4.69, 9.17) is 11.6 Å². The second kappa shape index (κ2) is 10.2. The molecule has 1 amide bonds. The van der Waals surface area contributed by atoms with E-state index in [2.05, 4.69) is 22.0 Å². The molecule has 5 rings (SSSR count). The van der Waals surface area contributed by atoms with Crippen molar-refractivity contribution in [2.75, 3.05) is 47.0 Å². The summed E-state index contributed by atoms with van der Waals surface area (Å²) in [5, 5.41) is 3.96. The zero-order chi connectivity index (χ0) is 25.4. The Hall–Kier alpha value is -2.27. The molecule has 2 aliphatic rings. The molecule has 2 aromatic carbocycles. The first kappa shape index (κ1) is 25.4. The maximum Gasteiger partial charge on any atom is 0.260 e. The van der Waals surface area contributed by atoms with Gasteiger partial charge in [-0.3, -0.25) is 9.10 Å². The number of hydrogen-bond donors (Lipinski definition) is 0. The van der Waals surface area contributed by atoms with E-state index in [1.165, 1.54) is 11.9 Å². The zero-order valence-electron chi connectivity index (χ0n) is 20.1. The van der Waals surface area contributed by atoms with Gasteiger partial charge >= 0.3 is 0 Å². The molecule has 1 fully saturated rings. The fraction of sp³-hybridized carbons (Fsp3) is 0.360. The van der Waals surface area contributed by atoms with Crippen molar-refractivity contribution in [2.24, 2.45) is 0 Å². The number of fused-ring (bicyclic) bond motifs is 1. The van der Waals surface area contributed by atoms with Crippen LogP contribution in [0.2, 0.25) is 5.15 Å². The van der Waals surface area contributed by atoms with Crippen molar-refractivity contribution in [2.45, 2.75) is 29.4 Å². The Morgan fingerprint density at radius 1 is 1.17 bits per heavy atom. The number of aromatic nitrogens is 1. The first-order chi connectivity index (χ1) is 17.2. The summed E-state index contributed by atoms with van der Waals surface area (Å²) in [6.07, 6.45) is 4.07. The number of para-hydroxylation sites is 1. The second-order valence-corrected chi connectivity index (χ2v) is 13.6. The van der Waals surface area contributed by atoms with Gasteiger partial charge in [0.05, 0.1) is 17.5 Å². The molecule has 0 aliphatic carbocycles. The van der Waals surface area contributed by atoms with Gasteiger partial charge in [0.2, 0.25) is 10.0 Å². The molecule has 3 heterocycles. The van der Waals surface area contributed by atoms with Crippen molar-refractivity contribution in [3.05, 3.63) is 64.1 Å². The molecular formula is C25H27ClN4O3S3. The molecule has 0 atom stereocenters. The standard InChI is InChI=1S/C25H27ClN4O3S3/c1-28(36(2,32)33)22-6-4-3-5-20(22)24(31)30-14-9-17-15-19(7-8-21(17)30)35-18-10-12-29(13-11-18)25-27-23(26)16-34-25/h3-8,15-16,18H,9-14H2,1-2H3. The number of sulfonamides is 1. The molecule has 1 saturated heterocycles. The fourth-order valence-corrected chi connectivity index (χ4v) is 7.37. The van der Waals surface area contributed by atoms with Crippen molar-refractivity contribution in [3.8, 4) is 0 Å². The van der Waals surface area contributed by atoms with Gasteiger partial charge in [0.15, 0.2) is 5.13 Å². The maximum absolute atomic E-state index is 13.5. The van der Waals surface area contributed by atoms with Gasteiger partial charge in [-0.2, -0.15) is 0 Å². The van der Waals surface area contributed by atoms with Crippen LogP contribution in [0.25, 0.3) is 0 Å². The van der Waals surface area contributed by atoms with Gasteiger partial charge in [0, 0.05) is 47.9 Å². The summed E-state index contributed by atoms with van der Waals surface area (Å²) in [7, 11) is -2.01. The molecule has 7 nitrogen and oxygen atoms in total. The summed E-state index contributed by atoms with van der Waals surface area (Å²) < 4.78 is 25.4. The Kier molecular flexibility index (Phi) is 7.22. The van der Waals surface area contributed by atoms with E-state index in [-0.39, 0.29) is 5.91 Å². The number of halogens is 1. The van der Waals surface area contributed by atoms with Crippen molar-refractivity contribution in [3.63, 3.8) is 0 Å². The van der Waals surface area contributed by atoms with Crippen LogP contribution in [0.3, 0.4) is 0 Å². The van der Waals surface area contributed by atoms with E-state index in [1.54, 1.807) is 40.5 Å². The lowest BCUT2D eigenvalue weighted by molar-refractivity contribution is 0.0990. The van der Waals surface area contributed by atoms with Crippen molar-refractivity contribution < 1.29 is 13.2 Å². The van der Waals surface area contributed by atoms with Gasteiger partial charge in [0.1, 0.15) is 5.15 Å². The maximum atomic E-state index is 13.5. The van der Waals surface area contributed by atoms with E-state index in [0.717, 1.165) is 59.3 Å². The number of rotatable bonds is 6. The summed E-state index contributed by atoms with van der Waals surface area (Å²) in [6.45, 7) is 2.51. The smallest absolute Gasteiger partial charge is 0.260 e. The highest BCUT2D eigenvalue weighted by Crippen LogP contribution is 2.38. The van der Waals surface area contributed by atoms with Crippen LogP contribution in [0.4, 0.5) is 16.5 Å². The Labute approximate surface area is 225 Å². The van der Waals surface area contributed by atoms with Crippen molar-refractivity contribution >= 4 is 67.1 Å². The predicted molar refractivity (Wildman–Crippen MR) is 150 cm³/mol. The molecule has 0 bridgehead atoms. The van der Waals surface area contributed by atoms with Crippen LogP contribution in [0.1, 0.15) is 28.8 Å². The summed E-state index contributed by atoms with van der Waals surface area (Å²) in [4.78, 5) is 23.2. The number of amides is 1. The molecule has 0 unspecified atom stereocenters. The Morgan fingerprint density at radius 3 is 2.61 bits per heavy atom. The van der Waals surface area contributed by atoms with Gasteiger partial charge in [0.25, 0.3) is 5.91 Å². The lowest BCUT2D eigenvalue weighted by Crippen LogP contribution is -2.34. The van der Waals surface area contributed by atoms with Gasteiger partial charge in [-0.25, -0.2) is 13.4 Å². The highest BCUT2D eigenvalue weighted by atomic mass is 35.5. The zero-order valence-corrected chi connectivity index (χ0v) is 23.3. The number of benzene rings is 2. The van der Waals surface area contributed by atoms with Gasteiger partial charge in [-0.05, 0) is 55.2 Å². The summed E-state index contributed by atoms with van der Waals surface area (Å²) in [5.41, 5.74) is 2.82. The molecule has 0 N–H and O–H groups in total. The number of thioether (sulfide) groups is 1. The SMILES string of the molecule is CN(c1ccccc1C(=O)N1CCc2cc(SC3CCN(c4nc(Cl)cs4)CC3)ccc21)S(C)(=O)=O.